The van der Waals surface area contributed by atoms with E-state index in [4.69, 9.17) is 14.2 Å². The molecule has 1 N–H and O–H groups in total. The fraction of sp³-hybridized carbons (Fsp3) is 0.583. The van der Waals surface area contributed by atoms with Crippen molar-refractivity contribution < 1.29 is 28.8 Å². The summed E-state index contributed by atoms with van der Waals surface area (Å²) >= 11 is 0. The molecule has 0 aliphatic carbocycles. The first-order valence-electron chi connectivity index (χ1n) is 5.40. The molecule has 0 aromatic carbocycles. The SMILES string of the molecule is C=C[C@@H](O)[C@@H](/C=C/C(=O)OC)OCOCCOC. The Kier molecular flexibility index (Phi) is 10.2. The van der Waals surface area contributed by atoms with E-state index in [1.54, 1.807) is 7.11 Å². The van der Waals surface area contributed by atoms with Gasteiger partial charge >= 0.3 is 5.97 Å². The molecule has 0 amide bonds. The van der Waals surface area contributed by atoms with Crippen molar-refractivity contribution >= 4 is 5.97 Å². The number of esters is 1. The minimum atomic E-state index is -0.933. The Morgan fingerprint density at radius 2 is 2.11 bits per heavy atom. The van der Waals surface area contributed by atoms with E-state index >= 15 is 0 Å². The topological polar surface area (TPSA) is 74.2 Å². The Morgan fingerprint density at radius 3 is 2.67 bits per heavy atom. The first kappa shape index (κ1) is 16.8. The highest BCUT2D eigenvalue weighted by Gasteiger charge is 2.14. The van der Waals surface area contributed by atoms with Gasteiger partial charge < -0.3 is 24.1 Å². The van der Waals surface area contributed by atoms with Crippen LogP contribution in [0.15, 0.2) is 24.8 Å². The lowest BCUT2D eigenvalue weighted by Crippen LogP contribution is -2.26. The Balaban J connectivity index is 4.11. The number of rotatable bonds is 10. The van der Waals surface area contributed by atoms with Gasteiger partial charge in [-0.25, -0.2) is 4.79 Å². The Labute approximate surface area is 107 Å². The zero-order valence-corrected chi connectivity index (χ0v) is 10.7. The average molecular weight is 260 g/mol. The molecular formula is C12H20O6. The highest BCUT2D eigenvalue weighted by Crippen LogP contribution is 2.03. The van der Waals surface area contributed by atoms with Gasteiger partial charge in [-0.2, -0.15) is 0 Å². The summed E-state index contributed by atoms with van der Waals surface area (Å²) < 4.78 is 19.6. The first-order chi connectivity index (χ1) is 8.65. The number of carbonyl (C=O) groups excluding carboxylic acids is 1. The van der Waals surface area contributed by atoms with Crippen LogP contribution in [0.2, 0.25) is 0 Å². The molecule has 0 aromatic heterocycles. The quantitative estimate of drug-likeness (QED) is 0.200. The molecule has 0 aliphatic rings. The van der Waals surface area contributed by atoms with E-state index in [-0.39, 0.29) is 6.79 Å². The van der Waals surface area contributed by atoms with Crippen molar-refractivity contribution in [2.45, 2.75) is 12.2 Å². The van der Waals surface area contributed by atoms with Crippen molar-refractivity contribution in [3.05, 3.63) is 24.8 Å². The maximum absolute atomic E-state index is 10.9. The minimum absolute atomic E-state index is 0.0234. The van der Waals surface area contributed by atoms with Crippen molar-refractivity contribution in [3.63, 3.8) is 0 Å². The number of hydrogen-bond donors (Lipinski definition) is 1. The Bertz CT molecular complexity index is 263. The molecule has 0 unspecified atom stereocenters. The van der Waals surface area contributed by atoms with Crippen LogP contribution in [0.25, 0.3) is 0 Å². The van der Waals surface area contributed by atoms with Gasteiger partial charge in [0.25, 0.3) is 0 Å². The summed E-state index contributed by atoms with van der Waals surface area (Å²) in [7, 11) is 2.83. The van der Waals surface area contributed by atoms with Crippen molar-refractivity contribution in [2.75, 3.05) is 34.2 Å². The number of carbonyl (C=O) groups is 1. The summed E-state index contributed by atoms with van der Waals surface area (Å²) in [6, 6.07) is 0. The van der Waals surface area contributed by atoms with Gasteiger partial charge in [0, 0.05) is 13.2 Å². The fourth-order valence-corrected chi connectivity index (χ4v) is 0.971. The lowest BCUT2D eigenvalue weighted by molar-refractivity contribution is -0.135. The number of ether oxygens (including phenoxy) is 4. The third kappa shape index (κ3) is 7.97. The van der Waals surface area contributed by atoms with E-state index in [0.29, 0.717) is 13.2 Å². The Morgan fingerprint density at radius 1 is 1.39 bits per heavy atom. The molecule has 104 valence electrons. The van der Waals surface area contributed by atoms with Crippen LogP contribution in [-0.2, 0) is 23.7 Å². The summed E-state index contributed by atoms with van der Waals surface area (Å²) in [5.74, 6) is -0.528. The number of aliphatic hydroxyl groups excluding tert-OH is 1. The normalized spacial score (nSPS) is 14.4. The second-order valence-electron chi connectivity index (χ2n) is 3.26. The maximum atomic E-state index is 10.9. The van der Waals surface area contributed by atoms with Gasteiger partial charge in [0.2, 0.25) is 0 Å². The van der Waals surface area contributed by atoms with Gasteiger partial charge in [-0.15, -0.1) is 6.58 Å². The largest absolute Gasteiger partial charge is 0.466 e. The molecule has 0 saturated carbocycles. The van der Waals surface area contributed by atoms with Gasteiger partial charge in [-0.3, -0.25) is 0 Å². The van der Waals surface area contributed by atoms with Gasteiger partial charge in [-0.1, -0.05) is 6.08 Å². The van der Waals surface area contributed by atoms with E-state index in [1.807, 2.05) is 0 Å². The lowest BCUT2D eigenvalue weighted by atomic mass is 10.2. The highest BCUT2D eigenvalue weighted by atomic mass is 16.7. The van der Waals surface area contributed by atoms with Crippen molar-refractivity contribution in [1.82, 2.24) is 0 Å². The van der Waals surface area contributed by atoms with Crippen molar-refractivity contribution in [2.24, 2.45) is 0 Å². The second kappa shape index (κ2) is 10.9. The number of methoxy groups -OCH3 is 2. The van der Waals surface area contributed by atoms with Crippen LogP contribution in [0.5, 0.6) is 0 Å². The molecule has 6 heteroatoms. The van der Waals surface area contributed by atoms with E-state index in [1.165, 1.54) is 25.3 Å². The molecule has 0 heterocycles. The molecule has 18 heavy (non-hydrogen) atoms. The monoisotopic (exact) mass is 260 g/mol. The molecule has 0 radical (unpaired) electrons. The Hall–Kier alpha value is -1.21. The molecule has 0 bridgehead atoms. The van der Waals surface area contributed by atoms with Crippen LogP contribution in [0.3, 0.4) is 0 Å². The number of hydrogen-bond acceptors (Lipinski definition) is 6. The van der Waals surface area contributed by atoms with Gasteiger partial charge in [0.15, 0.2) is 0 Å². The van der Waals surface area contributed by atoms with Crippen LogP contribution in [0, 0.1) is 0 Å². The zero-order chi connectivity index (χ0) is 13.8. The summed E-state index contributed by atoms with van der Waals surface area (Å²) in [5.41, 5.74) is 0. The minimum Gasteiger partial charge on any atom is -0.466 e. The van der Waals surface area contributed by atoms with E-state index in [2.05, 4.69) is 11.3 Å². The van der Waals surface area contributed by atoms with Crippen LogP contribution < -0.4 is 0 Å². The number of aliphatic hydroxyl groups is 1. The molecule has 6 nitrogen and oxygen atoms in total. The smallest absolute Gasteiger partial charge is 0.330 e. The molecule has 0 aliphatic heterocycles. The lowest BCUT2D eigenvalue weighted by Gasteiger charge is -2.17. The fourth-order valence-electron chi connectivity index (χ4n) is 0.971. The molecule has 0 rings (SSSR count). The third-order valence-electron chi connectivity index (χ3n) is 1.98. The van der Waals surface area contributed by atoms with Crippen LogP contribution in [0.4, 0.5) is 0 Å². The van der Waals surface area contributed by atoms with Crippen molar-refractivity contribution in [3.8, 4) is 0 Å². The summed E-state index contributed by atoms with van der Waals surface area (Å²) in [4.78, 5) is 10.9. The van der Waals surface area contributed by atoms with E-state index < -0.39 is 18.2 Å². The predicted molar refractivity (Wildman–Crippen MR) is 64.9 cm³/mol. The van der Waals surface area contributed by atoms with Crippen LogP contribution >= 0.6 is 0 Å². The predicted octanol–water partition coefficient (Wildman–Crippen LogP) is 0.268. The van der Waals surface area contributed by atoms with Gasteiger partial charge in [0.05, 0.1) is 20.3 Å². The molecule has 0 spiro atoms. The highest BCUT2D eigenvalue weighted by molar-refractivity contribution is 5.81. The van der Waals surface area contributed by atoms with E-state index in [9.17, 15) is 9.90 Å². The van der Waals surface area contributed by atoms with Crippen LogP contribution in [-0.4, -0.2) is 57.5 Å². The molecule has 0 fully saturated rings. The van der Waals surface area contributed by atoms with Crippen LogP contribution in [0.1, 0.15) is 0 Å². The zero-order valence-electron chi connectivity index (χ0n) is 10.7. The molecular weight excluding hydrogens is 240 g/mol. The summed E-state index contributed by atoms with van der Waals surface area (Å²) in [5, 5.41) is 9.58. The average Bonchev–Trinajstić information content (AvgIpc) is 2.40. The van der Waals surface area contributed by atoms with E-state index in [0.717, 1.165) is 0 Å². The van der Waals surface area contributed by atoms with Gasteiger partial charge in [-0.05, 0) is 6.08 Å². The molecule has 0 aromatic rings. The summed E-state index contributed by atoms with van der Waals surface area (Å²) in [6.07, 6.45) is 2.22. The summed E-state index contributed by atoms with van der Waals surface area (Å²) in [6.45, 7) is 4.26. The third-order valence-corrected chi connectivity index (χ3v) is 1.98. The molecule has 0 saturated heterocycles. The van der Waals surface area contributed by atoms with Gasteiger partial charge in [0.1, 0.15) is 19.0 Å². The first-order valence-corrected chi connectivity index (χ1v) is 5.40. The standard InChI is InChI=1S/C12H20O6/c1-4-10(13)11(5-6-12(14)16-3)18-9-17-8-7-15-2/h4-6,10-11,13H,1,7-9H2,2-3H3/b6-5+/t10-,11-/m1/s1. The maximum Gasteiger partial charge on any atom is 0.330 e. The second-order valence-corrected chi connectivity index (χ2v) is 3.26. The van der Waals surface area contributed by atoms with Crippen molar-refractivity contribution in [1.29, 1.82) is 0 Å². The molecule has 2 atom stereocenters.